The second kappa shape index (κ2) is 12.1. The fraction of sp³-hybridized carbons (Fsp3) is 0.219. The summed E-state index contributed by atoms with van der Waals surface area (Å²) in [5, 5.41) is 17.2. The number of ether oxygens (including phenoxy) is 1. The Morgan fingerprint density at radius 2 is 1.79 bits per heavy atom. The van der Waals surface area contributed by atoms with Crippen molar-refractivity contribution in [2.75, 3.05) is 11.1 Å². The zero-order chi connectivity index (χ0) is 27.2. The van der Waals surface area contributed by atoms with E-state index in [0.29, 0.717) is 35.0 Å². The number of hydrogen-bond acceptors (Lipinski definition) is 6. The molecule has 1 atom stereocenters. The van der Waals surface area contributed by atoms with Gasteiger partial charge in [0.25, 0.3) is 0 Å². The normalized spacial score (nSPS) is 16.7. The highest BCUT2D eigenvalue weighted by molar-refractivity contribution is 8.03. The zero-order valence-electron chi connectivity index (χ0n) is 21.7. The molecule has 1 aliphatic heterocycles. The number of dihydropyridines is 1. The second-order valence-corrected chi connectivity index (χ2v) is 10.6. The van der Waals surface area contributed by atoms with Gasteiger partial charge >= 0.3 is 0 Å². The molecule has 6 nitrogen and oxygen atoms in total. The maximum absolute atomic E-state index is 13.1. The van der Waals surface area contributed by atoms with Crippen LogP contribution in [-0.2, 0) is 16.2 Å². The van der Waals surface area contributed by atoms with Crippen molar-refractivity contribution in [3.63, 3.8) is 0 Å². The number of allylic oxidation sites excluding steroid dienone is 3. The number of nitrogens with zero attached hydrogens (tertiary/aromatic N) is 1. The minimum atomic E-state index is -0.482. The predicted octanol–water partition coefficient (Wildman–Crippen LogP) is 6.38. The lowest BCUT2D eigenvalue weighted by atomic mass is 9.77. The average Bonchev–Trinajstić information content (AvgIpc) is 2.96. The molecular weight excluding hydrogens is 506 g/mol. The molecule has 1 aliphatic carbocycles. The second-order valence-electron chi connectivity index (χ2n) is 9.58. The summed E-state index contributed by atoms with van der Waals surface area (Å²) in [6, 6.07) is 27.5. The van der Waals surface area contributed by atoms with E-state index in [1.807, 2.05) is 85.8 Å². The third-order valence-electron chi connectivity index (χ3n) is 6.89. The first kappa shape index (κ1) is 26.3. The Morgan fingerprint density at radius 1 is 1.05 bits per heavy atom. The fourth-order valence-corrected chi connectivity index (χ4v) is 5.77. The largest absolute Gasteiger partial charge is 0.489 e. The SMILES string of the molecule is Cc1ccccc1NC(=O)CSC1=C(C#N)[C@H](c2ccc(OCc3ccccc3)cc2)C2=C(CCCC2=O)N1. The molecule has 0 spiro atoms. The summed E-state index contributed by atoms with van der Waals surface area (Å²) >= 11 is 1.29. The predicted molar refractivity (Wildman–Crippen MR) is 154 cm³/mol. The van der Waals surface area contributed by atoms with Crippen LogP contribution in [0, 0.1) is 18.3 Å². The smallest absolute Gasteiger partial charge is 0.234 e. The van der Waals surface area contributed by atoms with E-state index in [2.05, 4.69) is 16.7 Å². The monoisotopic (exact) mass is 535 g/mol. The molecule has 3 aromatic rings. The number of benzene rings is 3. The molecular formula is C32H29N3O3S. The molecule has 5 rings (SSSR count). The van der Waals surface area contributed by atoms with Gasteiger partial charge in [-0.2, -0.15) is 5.26 Å². The van der Waals surface area contributed by atoms with Crippen molar-refractivity contribution in [3.05, 3.63) is 117 Å². The number of hydrogen-bond donors (Lipinski definition) is 2. The number of rotatable bonds is 8. The van der Waals surface area contributed by atoms with Crippen LogP contribution >= 0.6 is 11.8 Å². The highest BCUT2D eigenvalue weighted by Gasteiger charge is 2.37. The lowest BCUT2D eigenvalue weighted by Crippen LogP contribution is -2.31. The van der Waals surface area contributed by atoms with E-state index in [9.17, 15) is 14.9 Å². The van der Waals surface area contributed by atoms with Crippen LogP contribution in [0.5, 0.6) is 5.75 Å². The van der Waals surface area contributed by atoms with Gasteiger partial charge in [-0.15, -0.1) is 0 Å². The Morgan fingerprint density at radius 3 is 2.54 bits per heavy atom. The summed E-state index contributed by atoms with van der Waals surface area (Å²) in [5.74, 6) is 0.274. The van der Waals surface area contributed by atoms with Crippen molar-refractivity contribution in [1.29, 1.82) is 5.26 Å². The van der Waals surface area contributed by atoms with E-state index in [4.69, 9.17) is 4.74 Å². The van der Waals surface area contributed by atoms with Gasteiger partial charge in [0.1, 0.15) is 12.4 Å². The summed E-state index contributed by atoms with van der Waals surface area (Å²) in [6.07, 6.45) is 1.96. The molecule has 0 fully saturated rings. The number of aryl methyl sites for hydroxylation is 1. The Balaban J connectivity index is 1.37. The van der Waals surface area contributed by atoms with Crippen LogP contribution in [0.2, 0.25) is 0 Å². The van der Waals surface area contributed by atoms with Crippen LogP contribution in [0.15, 0.2) is 101 Å². The summed E-state index contributed by atoms with van der Waals surface area (Å²) in [4.78, 5) is 25.8. The number of Topliss-reactive ketones (excluding diaryl/α,β-unsaturated/α-hetero) is 1. The number of anilines is 1. The number of thioether (sulfide) groups is 1. The van der Waals surface area contributed by atoms with Gasteiger partial charge in [0, 0.05) is 23.4 Å². The topological polar surface area (TPSA) is 91.2 Å². The number of para-hydroxylation sites is 1. The van der Waals surface area contributed by atoms with E-state index in [0.717, 1.165) is 40.9 Å². The molecule has 7 heteroatoms. The lowest BCUT2D eigenvalue weighted by Gasteiger charge is -2.33. The first-order chi connectivity index (χ1) is 19.0. The Bertz CT molecular complexity index is 1490. The standard InChI is InChI=1S/C32H29N3O3S/c1-21-8-5-6-11-26(21)34-29(37)20-39-32-25(18-33)30(31-27(35-32)12-7-13-28(31)36)23-14-16-24(17-15-23)38-19-22-9-3-2-4-10-22/h2-6,8-11,14-17,30,35H,7,12-13,19-20H2,1H3,(H,34,37)/t30-/m0/s1. The maximum Gasteiger partial charge on any atom is 0.234 e. The summed E-state index contributed by atoms with van der Waals surface area (Å²) in [7, 11) is 0. The molecule has 1 heterocycles. The van der Waals surface area contributed by atoms with Crippen molar-refractivity contribution < 1.29 is 14.3 Å². The molecule has 0 bridgehead atoms. The minimum absolute atomic E-state index is 0.0623. The summed E-state index contributed by atoms with van der Waals surface area (Å²) in [6.45, 7) is 2.40. The van der Waals surface area contributed by atoms with Crippen molar-refractivity contribution in [3.8, 4) is 11.8 Å². The third kappa shape index (κ3) is 6.08. The average molecular weight is 536 g/mol. The maximum atomic E-state index is 13.1. The number of nitrogens with one attached hydrogen (secondary N) is 2. The van der Waals surface area contributed by atoms with Gasteiger partial charge in [0.2, 0.25) is 5.91 Å². The third-order valence-corrected chi connectivity index (χ3v) is 7.91. The summed E-state index contributed by atoms with van der Waals surface area (Å²) in [5.41, 5.74) is 5.64. The molecule has 0 saturated carbocycles. The van der Waals surface area contributed by atoms with Crippen LogP contribution in [0.25, 0.3) is 0 Å². The highest BCUT2D eigenvalue weighted by atomic mass is 32.2. The van der Waals surface area contributed by atoms with Crippen LogP contribution in [0.3, 0.4) is 0 Å². The van der Waals surface area contributed by atoms with Crippen LogP contribution in [0.1, 0.15) is 41.9 Å². The fourth-order valence-electron chi connectivity index (χ4n) is 4.91. The van der Waals surface area contributed by atoms with Crippen molar-refractivity contribution in [1.82, 2.24) is 5.32 Å². The number of carbonyl (C=O) groups excluding carboxylic acids is 2. The van der Waals surface area contributed by atoms with E-state index in [-0.39, 0.29) is 17.4 Å². The van der Waals surface area contributed by atoms with E-state index < -0.39 is 5.92 Å². The van der Waals surface area contributed by atoms with Crippen LogP contribution < -0.4 is 15.4 Å². The zero-order valence-corrected chi connectivity index (χ0v) is 22.5. The minimum Gasteiger partial charge on any atom is -0.489 e. The van der Waals surface area contributed by atoms with Crippen LogP contribution in [-0.4, -0.2) is 17.4 Å². The van der Waals surface area contributed by atoms with Gasteiger partial charge < -0.3 is 15.4 Å². The molecule has 196 valence electrons. The van der Waals surface area contributed by atoms with Crippen molar-refractivity contribution >= 4 is 29.1 Å². The molecule has 2 N–H and O–H groups in total. The summed E-state index contributed by atoms with van der Waals surface area (Å²) < 4.78 is 5.94. The van der Waals surface area contributed by atoms with Crippen molar-refractivity contribution in [2.45, 2.75) is 38.7 Å². The van der Waals surface area contributed by atoms with Gasteiger partial charge in [-0.1, -0.05) is 72.4 Å². The number of carbonyl (C=O) groups is 2. The Hall–Kier alpha value is -4.28. The molecule has 3 aromatic carbocycles. The lowest BCUT2D eigenvalue weighted by molar-refractivity contribution is -0.116. The molecule has 0 aromatic heterocycles. The van der Waals surface area contributed by atoms with Gasteiger partial charge in [-0.3, -0.25) is 9.59 Å². The molecule has 0 unspecified atom stereocenters. The van der Waals surface area contributed by atoms with E-state index in [1.54, 1.807) is 0 Å². The van der Waals surface area contributed by atoms with E-state index >= 15 is 0 Å². The molecule has 39 heavy (non-hydrogen) atoms. The first-order valence-electron chi connectivity index (χ1n) is 13.0. The van der Waals surface area contributed by atoms with Gasteiger partial charge in [0.15, 0.2) is 5.78 Å². The van der Waals surface area contributed by atoms with Gasteiger partial charge in [-0.05, 0) is 54.7 Å². The number of nitriles is 1. The molecule has 0 saturated heterocycles. The number of ketones is 1. The molecule has 2 aliphatic rings. The quantitative estimate of drug-likeness (QED) is 0.348. The van der Waals surface area contributed by atoms with Crippen LogP contribution in [0.4, 0.5) is 5.69 Å². The van der Waals surface area contributed by atoms with E-state index in [1.165, 1.54) is 11.8 Å². The Kier molecular flexibility index (Phi) is 8.14. The first-order valence-corrected chi connectivity index (χ1v) is 13.9. The number of amides is 1. The van der Waals surface area contributed by atoms with Gasteiger partial charge in [-0.25, -0.2) is 0 Å². The highest BCUT2D eigenvalue weighted by Crippen LogP contribution is 2.44. The van der Waals surface area contributed by atoms with Crippen molar-refractivity contribution in [2.24, 2.45) is 0 Å². The van der Waals surface area contributed by atoms with Gasteiger partial charge in [0.05, 0.1) is 28.3 Å². The molecule has 1 amide bonds. The molecule has 0 radical (unpaired) electrons. The Labute approximate surface area is 232 Å².